The van der Waals surface area contributed by atoms with Crippen molar-refractivity contribution in [2.75, 3.05) is 0 Å². The van der Waals surface area contributed by atoms with E-state index in [2.05, 4.69) is 24.6 Å². The molecular formula is C11H12N4O3S. The van der Waals surface area contributed by atoms with Crippen LogP contribution in [-0.2, 0) is 12.2 Å². The number of aryl methyl sites for hydroxylation is 2. The third kappa shape index (κ3) is 3.08. The summed E-state index contributed by atoms with van der Waals surface area (Å²) in [6, 6.07) is 0. The predicted octanol–water partition coefficient (Wildman–Crippen LogP) is 1.72. The zero-order valence-corrected chi connectivity index (χ0v) is 11.3. The lowest BCUT2D eigenvalue weighted by atomic mass is 10.2. The van der Waals surface area contributed by atoms with Crippen LogP contribution in [0.3, 0.4) is 0 Å². The second-order valence-electron chi connectivity index (χ2n) is 3.70. The highest BCUT2D eigenvalue weighted by atomic mass is 32.2. The zero-order chi connectivity index (χ0) is 13.8. The summed E-state index contributed by atoms with van der Waals surface area (Å²) in [7, 11) is 0. The summed E-state index contributed by atoms with van der Waals surface area (Å²) in [5, 5.41) is 13.3. The minimum Gasteiger partial charge on any atom is -0.478 e. The lowest BCUT2D eigenvalue weighted by Gasteiger charge is -2.08. The molecule has 0 atom stereocenters. The number of hydrogen-bond acceptors (Lipinski definition) is 7. The van der Waals surface area contributed by atoms with Gasteiger partial charge in [0.15, 0.2) is 5.82 Å². The number of carboxylic acid groups (broad SMARTS) is 1. The highest BCUT2D eigenvalue weighted by Crippen LogP contribution is 2.25. The standard InChI is InChI=1S/C11H12N4O3S/c1-3-7-13-6(2)9(11(16)17)10(14-7)19-4-8-12-5-18-15-8/h5H,3-4H2,1-2H3,(H,16,17). The highest BCUT2D eigenvalue weighted by Gasteiger charge is 2.18. The van der Waals surface area contributed by atoms with Gasteiger partial charge in [-0.1, -0.05) is 23.8 Å². The molecule has 0 aliphatic rings. The highest BCUT2D eigenvalue weighted by molar-refractivity contribution is 7.98. The number of rotatable bonds is 5. The van der Waals surface area contributed by atoms with E-state index in [4.69, 9.17) is 0 Å². The van der Waals surface area contributed by atoms with Crippen LogP contribution in [-0.4, -0.2) is 31.2 Å². The van der Waals surface area contributed by atoms with Crippen molar-refractivity contribution >= 4 is 17.7 Å². The fourth-order valence-electron chi connectivity index (χ4n) is 1.50. The van der Waals surface area contributed by atoms with Crippen LogP contribution in [0.4, 0.5) is 0 Å². The van der Waals surface area contributed by atoms with Crippen LogP contribution in [0, 0.1) is 6.92 Å². The van der Waals surface area contributed by atoms with Crippen molar-refractivity contribution < 1.29 is 14.4 Å². The summed E-state index contributed by atoms with van der Waals surface area (Å²) in [5.74, 6) is 0.487. The van der Waals surface area contributed by atoms with Crippen molar-refractivity contribution in [2.45, 2.75) is 31.0 Å². The zero-order valence-electron chi connectivity index (χ0n) is 10.5. The first-order valence-electron chi connectivity index (χ1n) is 5.60. The average Bonchev–Trinajstić information content (AvgIpc) is 2.88. The van der Waals surface area contributed by atoms with Gasteiger partial charge in [0.1, 0.15) is 16.4 Å². The Morgan fingerprint density at radius 2 is 2.21 bits per heavy atom. The Morgan fingerprint density at radius 1 is 1.42 bits per heavy atom. The number of carboxylic acids is 1. The average molecular weight is 280 g/mol. The molecule has 0 bridgehead atoms. The molecule has 0 radical (unpaired) electrons. The van der Waals surface area contributed by atoms with Crippen LogP contribution in [0.2, 0.25) is 0 Å². The molecule has 2 aromatic heterocycles. The molecule has 0 spiro atoms. The molecule has 0 aromatic carbocycles. The normalized spacial score (nSPS) is 10.6. The van der Waals surface area contributed by atoms with Gasteiger partial charge in [0.2, 0.25) is 6.39 Å². The van der Waals surface area contributed by atoms with Gasteiger partial charge in [-0.15, -0.1) is 0 Å². The fraction of sp³-hybridized carbons (Fsp3) is 0.364. The van der Waals surface area contributed by atoms with E-state index in [0.29, 0.717) is 34.5 Å². The number of thioether (sulfide) groups is 1. The molecule has 7 nitrogen and oxygen atoms in total. The van der Waals surface area contributed by atoms with E-state index in [0.717, 1.165) is 0 Å². The first-order chi connectivity index (χ1) is 9.11. The van der Waals surface area contributed by atoms with Gasteiger partial charge in [-0.3, -0.25) is 0 Å². The SMILES string of the molecule is CCc1nc(C)c(C(=O)O)c(SCc2ncon2)n1. The monoisotopic (exact) mass is 280 g/mol. The van der Waals surface area contributed by atoms with Crippen molar-refractivity contribution in [1.29, 1.82) is 0 Å². The Bertz CT molecular complexity index is 586. The maximum atomic E-state index is 11.3. The summed E-state index contributed by atoms with van der Waals surface area (Å²) in [6.45, 7) is 3.59. The molecule has 8 heteroatoms. The molecule has 19 heavy (non-hydrogen) atoms. The molecule has 2 rings (SSSR count). The topological polar surface area (TPSA) is 102 Å². The van der Waals surface area contributed by atoms with Crippen LogP contribution in [0.5, 0.6) is 0 Å². The molecule has 0 saturated heterocycles. The minimum atomic E-state index is -1.03. The van der Waals surface area contributed by atoms with Gasteiger partial charge in [0, 0.05) is 6.42 Å². The summed E-state index contributed by atoms with van der Waals surface area (Å²) in [4.78, 5) is 23.6. The first-order valence-corrected chi connectivity index (χ1v) is 6.59. The predicted molar refractivity (Wildman–Crippen MR) is 67.0 cm³/mol. The van der Waals surface area contributed by atoms with E-state index in [1.165, 1.54) is 18.2 Å². The second-order valence-corrected chi connectivity index (χ2v) is 4.66. The smallest absolute Gasteiger partial charge is 0.340 e. The van der Waals surface area contributed by atoms with Crippen LogP contribution >= 0.6 is 11.8 Å². The summed E-state index contributed by atoms with van der Waals surface area (Å²) in [5.41, 5.74) is 0.598. The van der Waals surface area contributed by atoms with Crippen LogP contribution in [0.1, 0.15) is 34.6 Å². The number of nitrogens with zero attached hydrogens (tertiary/aromatic N) is 4. The third-order valence-corrected chi connectivity index (χ3v) is 3.35. The van der Waals surface area contributed by atoms with Gasteiger partial charge >= 0.3 is 5.97 Å². The maximum Gasteiger partial charge on any atom is 0.340 e. The molecule has 0 aliphatic heterocycles. The number of hydrogen-bond donors (Lipinski definition) is 1. The molecule has 2 aromatic rings. The summed E-state index contributed by atoms with van der Waals surface area (Å²) < 4.78 is 4.63. The van der Waals surface area contributed by atoms with E-state index in [1.807, 2.05) is 6.92 Å². The molecule has 2 heterocycles. The van der Waals surface area contributed by atoms with E-state index < -0.39 is 5.97 Å². The third-order valence-electron chi connectivity index (χ3n) is 2.38. The van der Waals surface area contributed by atoms with Crippen LogP contribution in [0.15, 0.2) is 15.9 Å². The molecule has 0 unspecified atom stereocenters. The van der Waals surface area contributed by atoms with Crippen molar-refractivity contribution in [3.05, 3.63) is 29.3 Å². The van der Waals surface area contributed by atoms with Crippen molar-refractivity contribution in [3.63, 3.8) is 0 Å². The Hall–Kier alpha value is -1.96. The van der Waals surface area contributed by atoms with Gasteiger partial charge in [0.25, 0.3) is 0 Å². The van der Waals surface area contributed by atoms with Gasteiger partial charge < -0.3 is 9.63 Å². The lowest BCUT2D eigenvalue weighted by molar-refractivity contribution is 0.0690. The van der Waals surface area contributed by atoms with Crippen LogP contribution in [0.25, 0.3) is 0 Å². The number of aromatic nitrogens is 4. The molecule has 100 valence electrons. The number of carbonyl (C=O) groups is 1. The molecule has 0 saturated carbocycles. The molecular weight excluding hydrogens is 268 g/mol. The molecule has 0 aliphatic carbocycles. The number of aromatic carboxylic acids is 1. The van der Waals surface area contributed by atoms with Gasteiger partial charge in [-0.05, 0) is 6.92 Å². The maximum absolute atomic E-state index is 11.3. The Morgan fingerprint density at radius 3 is 2.79 bits per heavy atom. The van der Waals surface area contributed by atoms with Gasteiger partial charge in [-0.2, -0.15) is 4.98 Å². The Labute approximate surface area is 113 Å². The molecule has 0 amide bonds. The van der Waals surface area contributed by atoms with E-state index >= 15 is 0 Å². The largest absolute Gasteiger partial charge is 0.478 e. The van der Waals surface area contributed by atoms with Gasteiger partial charge in [0.05, 0.1) is 11.4 Å². The van der Waals surface area contributed by atoms with E-state index in [-0.39, 0.29) is 5.56 Å². The fourth-order valence-corrected chi connectivity index (χ4v) is 2.44. The van der Waals surface area contributed by atoms with Crippen molar-refractivity contribution in [3.8, 4) is 0 Å². The van der Waals surface area contributed by atoms with Crippen molar-refractivity contribution in [2.24, 2.45) is 0 Å². The Kier molecular flexibility index (Phi) is 4.10. The summed E-state index contributed by atoms with van der Waals surface area (Å²) >= 11 is 1.26. The van der Waals surface area contributed by atoms with E-state index in [1.54, 1.807) is 6.92 Å². The van der Waals surface area contributed by atoms with Crippen LogP contribution < -0.4 is 0 Å². The molecule has 0 fully saturated rings. The quantitative estimate of drug-likeness (QED) is 0.652. The lowest BCUT2D eigenvalue weighted by Crippen LogP contribution is -2.09. The van der Waals surface area contributed by atoms with Gasteiger partial charge in [-0.25, -0.2) is 14.8 Å². The molecule has 1 N–H and O–H groups in total. The minimum absolute atomic E-state index is 0.130. The Balaban J connectivity index is 2.30. The summed E-state index contributed by atoms with van der Waals surface area (Å²) in [6.07, 6.45) is 1.88. The van der Waals surface area contributed by atoms with E-state index in [9.17, 15) is 9.90 Å². The second kappa shape index (κ2) is 5.79. The van der Waals surface area contributed by atoms with Crippen molar-refractivity contribution in [1.82, 2.24) is 20.1 Å². The first kappa shape index (κ1) is 13.5.